The Morgan fingerprint density at radius 2 is 1.69 bits per heavy atom. The Morgan fingerprint density at radius 3 is 2.31 bits per heavy atom. The molecule has 0 spiro atoms. The number of methoxy groups -OCH3 is 1. The lowest BCUT2D eigenvalue weighted by molar-refractivity contribution is -0.139. The van der Waals surface area contributed by atoms with E-state index in [1.807, 2.05) is 0 Å². The molecular weight excluding hydrogens is 354 g/mol. The lowest BCUT2D eigenvalue weighted by Crippen LogP contribution is -2.10. The number of halogens is 1. The van der Waals surface area contributed by atoms with E-state index in [0.29, 0.717) is 38.3 Å². The van der Waals surface area contributed by atoms with Crippen molar-refractivity contribution >= 4 is 40.0 Å². The summed E-state index contributed by atoms with van der Waals surface area (Å²) in [6.45, 7) is 1.47. The molecule has 1 aromatic heterocycles. The number of nitrogens with one attached hydrogen (secondary N) is 1. The summed E-state index contributed by atoms with van der Waals surface area (Å²) >= 11 is 5.88. The van der Waals surface area contributed by atoms with Crippen molar-refractivity contribution in [3.05, 3.63) is 69.9 Å². The van der Waals surface area contributed by atoms with E-state index in [2.05, 4.69) is 4.98 Å². The molecule has 1 heterocycles. The minimum atomic E-state index is -0.468. The molecule has 1 N–H and O–H groups in total. The number of carbonyl (C=O) groups is 3. The monoisotopic (exact) mass is 369 g/mol. The van der Waals surface area contributed by atoms with E-state index in [-0.39, 0.29) is 18.0 Å². The van der Waals surface area contributed by atoms with E-state index in [1.54, 1.807) is 42.5 Å². The second-order valence-corrected chi connectivity index (χ2v) is 6.32. The van der Waals surface area contributed by atoms with Gasteiger partial charge in [0.15, 0.2) is 5.78 Å². The molecule has 0 amide bonds. The molecule has 0 saturated heterocycles. The molecule has 3 aromatic rings. The van der Waals surface area contributed by atoms with Crippen molar-refractivity contribution in [3.8, 4) is 0 Å². The first-order chi connectivity index (χ1) is 12.4. The van der Waals surface area contributed by atoms with Crippen molar-refractivity contribution in [2.75, 3.05) is 7.11 Å². The van der Waals surface area contributed by atoms with Crippen LogP contribution in [0.25, 0.3) is 10.9 Å². The highest BCUT2D eigenvalue weighted by molar-refractivity contribution is 6.30. The Hall–Kier alpha value is -2.92. The second kappa shape index (κ2) is 7.14. The fourth-order valence-corrected chi connectivity index (χ4v) is 2.93. The number of ether oxygens (including phenoxy) is 1. The van der Waals surface area contributed by atoms with Crippen LogP contribution in [0.1, 0.15) is 38.9 Å². The fraction of sp³-hybridized carbons (Fsp3) is 0.150. The van der Waals surface area contributed by atoms with Crippen LogP contribution in [-0.2, 0) is 16.0 Å². The van der Waals surface area contributed by atoms with E-state index in [4.69, 9.17) is 16.3 Å². The van der Waals surface area contributed by atoms with E-state index >= 15 is 0 Å². The van der Waals surface area contributed by atoms with Gasteiger partial charge < -0.3 is 9.72 Å². The maximum atomic E-state index is 12.9. The van der Waals surface area contributed by atoms with E-state index in [9.17, 15) is 14.4 Å². The number of rotatable bonds is 5. The Kier molecular flexibility index (Phi) is 4.91. The zero-order valence-corrected chi connectivity index (χ0v) is 15.0. The number of Topliss-reactive ketones (excluding diaryl/α,β-unsaturated/α-hetero) is 1. The van der Waals surface area contributed by atoms with Gasteiger partial charge >= 0.3 is 5.97 Å². The molecule has 0 unspecified atom stereocenters. The lowest BCUT2D eigenvalue weighted by Gasteiger charge is -2.04. The summed E-state index contributed by atoms with van der Waals surface area (Å²) in [5.74, 6) is -0.826. The first-order valence-corrected chi connectivity index (χ1v) is 8.31. The van der Waals surface area contributed by atoms with Crippen LogP contribution in [0.3, 0.4) is 0 Å². The van der Waals surface area contributed by atoms with Gasteiger partial charge in [0.2, 0.25) is 5.78 Å². The van der Waals surface area contributed by atoms with Gasteiger partial charge in [0, 0.05) is 32.6 Å². The third-order valence-electron chi connectivity index (χ3n) is 4.19. The second-order valence-electron chi connectivity index (χ2n) is 5.88. The SMILES string of the molecule is COC(=O)Cc1c(C(=O)c2ccc(Cl)cc2)[nH]c2ccc(C(C)=O)cc12. The molecule has 0 bridgehead atoms. The molecule has 26 heavy (non-hydrogen) atoms. The first-order valence-electron chi connectivity index (χ1n) is 7.93. The molecule has 0 saturated carbocycles. The quantitative estimate of drug-likeness (QED) is 0.545. The molecule has 132 valence electrons. The number of benzene rings is 2. The fourth-order valence-electron chi connectivity index (χ4n) is 2.81. The minimum Gasteiger partial charge on any atom is -0.469 e. The zero-order valence-electron chi connectivity index (χ0n) is 14.3. The Labute approximate surface area is 154 Å². The van der Waals surface area contributed by atoms with Crippen molar-refractivity contribution < 1.29 is 19.1 Å². The highest BCUT2D eigenvalue weighted by atomic mass is 35.5. The van der Waals surface area contributed by atoms with Crippen LogP contribution in [-0.4, -0.2) is 29.6 Å². The van der Waals surface area contributed by atoms with Crippen LogP contribution >= 0.6 is 11.6 Å². The molecule has 0 atom stereocenters. The first kappa shape index (κ1) is 17.9. The van der Waals surface area contributed by atoms with Crippen LogP contribution in [0, 0.1) is 0 Å². The van der Waals surface area contributed by atoms with Crippen molar-refractivity contribution in [3.63, 3.8) is 0 Å². The van der Waals surface area contributed by atoms with Crippen molar-refractivity contribution in [1.29, 1.82) is 0 Å². The number of ketones is 2. The molecule has 0 aliphatic rings. The number of esters is 1. The Balaban J connectivity index is 2.17. The van der Waals surface area contributed by atoms with Gasteiger partial charge in [-0.25, -0.2) is 0 Å². The predicted molar refractivity (Wildman–Crippen MR) is 98.9 cm³/mol. The molecule has 5 nitrogen and oxygen atoms in total. The number of aromatic nitrogens is 1. The van der Waals surface area contributed by atoms with Gasteiger partial charge in [-0.05, 0) is 49.4 Å². The standard InChI is InChI=1S/C20H16ClNO4/c1-11(23)13-5-8-17-15(9-13)16(10-18(24)26-2)19(22-17)20(25)12-3-6-14(21)7-4-12/h3-9,22H,10H2,1-2H3. The van der Waals surface area contributed by atoms with Gasteiger partial charge in [0.25, 0.3) is 0 Å². The van der Waals surface area contributed by atoms with Crippen LogP contribution in [0.2, 0.25) is 5.02 Å². The molecule has 0 aliphatic heterocycles. The van der Waals surface area contributed by atoms with E-state index < -0.39 is 5.97 Å². The summed E-state index contributed by atoms with van der Waals surface area (Å²) in [6, 6.07) is 11.6. The third-order valence-corrected chi connectivity index (χ3v) is 4.45. The summed E-state index contributed by atoms with van der Waals surface area (Å²) in [4.78, 5) is 39.6. The summed E-state index contributed by atoms with van der Waals surface area (Å²) in [6.07, 6.45) is -0.0769. The third kappa shape index (κ3) is 3.39. The van der Waals surface area contributed by atoms with Crippen molar-refractivity contribution in [2.45, 2.75) is 13.3 Å². The van der Waals surface area contributed by atoms with E-state index in [1.165, 1.54) is 14.0 Å². The molecule has 6 heteroatoms. The van der Waals surface area contributed by atoms with Gasteiger partial charge in [0.1, 0.15) is 0 Å². The van der Waals surface area contributed by atoms with Crippen LogP contribution in [0.5, 0.6) is 0 Å². The van der Waals surface area contributed by atoms with Gasteiger partial charge in [-0.3, -0.25) is 14.4 Å². The molecule has 0 aliphatic carbocycles. The number of aromatic amines is 1. The number of carbonyl (C=O) groups excluding carboxylic acids is 3. The number of fused-ring (bicyclic) bond motifs is 1. The average Bonchev–Trinajstić information content (AvgIpc) is 2.99. The number of hydrogen-bond acceptors (Lipinski definition) is 4. The predicted octanol–water partition coefficient (Wildman–Crippen LogP) is 3.97. The van der Waals surface area contributed by atoms with Crippen LogP contribution < -0.4 is 0 Å². The normalized spacial score (nSPS) is 10.7. The Bertz CT molecular complexity index is 1020. The van der Waals surface area contributed by atoms with Crippen LogP contribution in [0.15, 0.2) is 42.5 Å². The Morgan fingerprint density at radius 1 is 1.04 bits per heavy atom. The maximum Gasteiger partial charge on any atom is 0.310 e. The van der Waals surface area contributed by atoms with Gasteiger partial charge in [0.05, 0.1) is 19.2 Å². The van der Waals surface area contributed by atoms with Crippen molar-refractivity contribution in [1.82, 2.24) is 4.98 Å². The average molecular weight is 370 g/mol. The van der Waals surface area contributed by atoms with Crippen LogP contribution in [0.4, 0.5) is 0 Å². The van der Waals surface area contributed by atoms with Gasteiger partial charge in [-0.2, -0.15) is 0 Å². The van der Waals surface area contributed by atoms with Gasteiger partial charge in [-0.1, -0.05) is 11.6 Å². The molecular formula is C20H16ClNO4. The molecule has 3 rings (SSSR count). The summed E-state index contributed by atoms with van der Waals surface area (Å²) in [5, 5.41) is 1.18. The smallest absolute Gasteiger partial charge is 0.310 e. The van der Waals surface area contributed by atoms with Gasteiger partial charge in [-0.15, -0.1) is 0 Å². The minimum absolute atomic E-state index is 0.0769. The topological polar surface area (TPSA) is 76.2 Å². The highest BCUT2D eigenvalue weighted by Gasteiger charge is 2.22. The lowest BCUT2D eigenvalue weighted by atomic mass is 10.00. The molecule has 0 radical (unpaired) electrons. The summed E-state index contributed by atoms with van der Waals surface area (Å²) in [5.41, 5.74) is 2.43. The highest BCUT2D eigenvalue weighted by Crippen LogP contribution is 2.27. The summed E-state index contributed by atoms with van der Waals surface area (Å²) < 4.78 is 4.76. The van der Waals surface area contributed by atoms with E-state index in [0.717, 1.165) is 0 Å². The molecule has 2 aromatic carbocycles. The number of H-pyrrole nitrogens is 1. The zero-order chi connectivity index (χ0) is 18.8. The number of hydrogen-bond donors (Lipinski definition) is 1. The summed E-state index contributed by atoms with van der Waals surface area (Å²) in [7, 11) is 1.29. The molecule has 0 fully saturated rings. The largest absolute Gasteiger partial charge is 0.469 e. The maximum absolute atomic E-state index is 12.9. The van der Waals surface area contributed by atoms with Crippen molar-refractivity contribution in [2.24, 2.45) is 0 Å².